The van der Waals surface area contributed by atoms with E-state index in [1.54, 1.807) is 38.3 Å². The van der Waals surface area contributed by atoms with Crippen LogP contribution >= 0.6 is 11.8 Å². The lowest BCUT2D eigenvalue weighted by molar-refractivity contribution is -0.705. The van der Waals surface area contributed by atoms with Crippen molar-refractivity contribution in [2.75, 3.05) is 12.4 Å². The van der Waals surface area contributed by atoms with E-state index in [1.807, 2.05) is 32.0 Å². The molecule has 2 aromatic carbocycles. The third kappa shape index (κ3) is 4.12. The van der Waals surface area contributed by atoms with Gasteiger partial charge in [0.15, 0.2) is 5.95 Å². The molecule has 0 spiro atoms. The van der Waals surface area contributed by atoms with Gasteiger partial charge in [-0.15, -0.1) is 0 Å². The fourth-order valence-electron chi connectivity index (χ4n) is 2.57. The van der Waals surface area contributed by atoms with Gasteiger partial charge in [-0.3, -0.25) is 4.79 Å². The molecule has 1 aromatic heterocycles. The van der Waals surface area contributed by atoms with Crippen LogP contribution in [0.25, 0.3) is 5.69 Å². The SMILES string of the molecule is COc1ccc(-[n+]2noc([O-])c2SC(C)C(=O)Nc2cccc(C)c2C)cc1. The molecule has 0 radical (unpaired) electrons. The number of anilines is 1. The monoisotopic (exact) mass is 399 g/mol. The molecule has 0 bridgehead atoms. The number of aromatic nitrogens is 2. The number of hydrogen-bond donors (Lipinski definition) is 1. The molecule has 0 saturated carbocycles. The van der Waals surface area contributed by atoms with Crippen molar-refractivity contribution in [1.82, 2.24) is 5.27 Å². The molecule has 1 atom stereocenters. The predicted molar refractivity (Wildman–Crippen MR) is 104 cm³/mol. The zero-order valence-electron chi connectivity index (χ0n) is 16.1. The highest BCUT2D eigenvalue weighted by atomic mass is 32.2. The highest BCUT2D eigenvalue weighted by Gasteiger charge is 2.27. The van der Waals surface area contributed by atoms with Crippen LogP contribution in [0.3, 0.4) is 0 Å². The Bertz CT molecular complexity index is 986. The number of carbonyl (C=O) groups excluding carboxylic acids is 1. The van der Waals surface area contributed by atoms with Crippen LogP contribution in [0.15, 0.2) is 52.0 Å². The van der Waals surface area contributed by atoms with E-state index in [1.165, 1.54) is 4.68 Å². The maximum absolute atomic E-state index is 12.6. The van der Waals surface area contributed by atoms with Crippen molar-refractivity contribution in [1.29, 1.82) is 0 Å². The smallest absolute Gasteiger partial charge is 0.298 e. The van der Waals surface area contributed by atoms with Gasteiger partial charge in [0.1, 0.15) is 5.75 Å². The molecule has 0 fully saturated rings. The lowest BCUT2D eigenvalue weighted by atomic mass is 10.1. The Morgan fingerprint density at radius 2 is 1.96 bits per heavy atom. The van der Waals surface area contributed by atoms with Crippen LogP contribution in [0.2, 0.25) is 0 Å². The largest absolute Gasteiger partial charge is 0.538 e. The first kappa shape index (κ1) is 19.8. The molecule has 1 N–H and O–H groups in total. The Morgan fingerprint density at radius 3 is 2.64 bits per heavy atom. The molecular weight excluding hydrogens is 378 g/mol. The van der Waals surface area contributed by atoms with Crippen molar-refractivity contribution in [2.24, 2.45) is 0 Å². The summed E-state index contributed by atoms with van der Waals surface area (Å²) in [4.78, 5) is 12.6. The van der Waals surface area contributed by atoms with Crippen LogP contribution < -0.4 is 19.8 Å². The van der Waals surface area contributed by atoms with E-state index in [0.717, 1.165) is 28.6 Å². The summed E-state index contributed by atoms with van der Waals surface area (Å²) >= 11 is 1.10. The normalized spacial score (nSPS) is 11.9. The number of hydrogen-bond acceptors (Lipinski definition) is 6. The summed E-state index contributed by atoms with van der Waals surface area (Å²) in [6.07, 6.45) is 0. The molecule has 1 unspecified atom stereocenters. The van der Waals surface area contributed by atoms with E-state index < -0.39 is 11.2 Å². The summed E-state index contributed by atoms with van der Waals surface area (Å²) in [6.45, 7) is 5.67. The first-order valence-corrected chi connectivity index (χ1v) is 9.56. The Kier molecular flexibility index (Phi) is 5.89. The molecule has 28 heavy (non-hydrogen) atoms. The summed E-state index contributed by atoms with van der Waals surface area (Å²) in [6, 6.07) is 12.8. The maximum Gasteiger partial charge on any atom is 0.298 e. The molecule has 3 aromatic rings. The Morgan fingerprint density at radius 1 is 1.25 bits per heavy atom. The minimum atomic E-state index is -0.591. The quantitative estimate of drug-likeness (QED) is 0.506. The standard InChI is InChI=1S/C20H21N3O4S/c1-12-6-5-7-17(13(12)2)21-18(24)14(3)28-19-20(25)27-22-23(19)15-8-10-16(26-4)11-9-15/h5-11,14H,1-4H3,(H-,21,22,24,25). The number of nitrogens with one attached hydrogen (secondary N) is 1. The van der Waals surface area contributed by atoms with E-state index >= 15 is 0 Å². The van der Waals surface area contributed by atoms with E-state index in [0.29, 0.717) is 11.4 Å². The van der Waals surface area contributed by atoms with E-state index in [9.17, 15) is 9.90 Å². The van der Waals surface area contributed by atoms with Gasteiger partial charge in [0, 0.05) is 17.8 Å². The number of amides is 1. The maximum atomic E-state index is 12.6. The molecule has 3 rings (SSSR count). The van der Waals surface area contributed by atoms with Crippen molar-refractivity contribution in [2.45, 2.75) is 31.0 Å². The van der Waals surface area contributed by atoms with Crippen molar-refractivity contribution in [3.8, 4) is 17.4 Å². The number of thioether (sulfide) groups is 1. The molecule has 146 valence electrons. The van der Waals surface area contributed by atoms with Gasteiger partial charge in [-0.25, -0.2) is 0 Å². The zero-order chi connectivity index (χ0) is 20.3. The average molecular weight is 399 g/mol. The molecule has 7 nitrogen and oxygen atoms in total. The van der Waals surface area contributed by atoms with Gasteiger partial charge in [-0.2, -0.15) is 0 Å². The minimum Gasteiger partial charge on any atom is -0.538 e. The predicted octanol–water partition coefficient (Wildman–Crippen LogP) is 2.77. The highest BCUT2D eigenvalue weighted by Crippen LogP contribution is 2.29. The number of benzene rings is 2. The van der Waals surface area contributed by atoms with Crippen LogP contribution in [0.1, 0.15) is 18.1 Å². The third-order valence-electron chi connectivity index (χ3n) is 4.41. The molecule has 0 aliphatic heterocycles. The number of rotatable bonds is 6. The summed E-state index contributed by atoms with van der Waals surface area (Å²) in [5, 5.41) is 18.5. The summed E-state index contributed by atoms with van der Waals surface area (Å²) in [5.41, 5.74) is 3.50. The van der Waals surface area contributed by atoms with Crippen molar-refractivity contribution in [3.63, 3.8) is 0 Å². The number of carbonyl (C=O) groups is 1. The van der Waals surface area contributed by atoms with Gasteiger partial charge in [-0.05, 0) is 66.5 Å². The van der Waals surface area contributed by atoms with Gasteiger partial charge < -0.3 is 19.7 Å². The van der Waals surface area contributed by atoms with Crippen LogP contribution in [0.5, 0.6) is 11.7 Å². The lowest BCUT2D eigenvalue weighted by Crippen LogP contribution is -2.36. The number of methoxy groups -OCH3 is 1. The average Bonchev–Trinajstić information content (AvgIpc) is 3.05. The van der Waals surface area contributed by atoms with Crippen LogP contribution in [0.4, 0.5) is 5.69 Å². The van der Waals surface area contributed by atoms with E-state index in [4.69, 9.17) is 9.26 Å². The Hall–Kier alpha value is -3.00. The van der Waals surface area contributed by atoms with Crippen LogP contribution in [-0.2, 0) is 4.79 Å². The Labute approximate surface area is 167 Å². The zero-order valence-corrected chi connectivity index (χ0v) is 16.9. The molecule has 0 aliphatic carbocycles. The highest BCUT2D eigenvalue weighted by molar-refractivity contribution is 8.00. The Balaban J connectivity index is 1.78. The fraction of sp³-hybridized carbons (Fsp3) is 0.250. The molecule has 0 saturated heterocycles. The van der Waals surface area contributed by atoms with Crippen LogP contribution in [-0.4, -0.2) is 23.5 Å². The van der Waals surface area contributed by atoms with Crippen molar-refractivity contribution < 1.29 is 23.8 Å². The molecular formula is C20H21N3O4S. The molecule has 0 aliphatic rings. The second-order valence-corrected chi connectivity index (χ2v) is 7.60. The summed E-state index contributed by atoms with van der Waals surface area (Å²) < 4.78 is 11.3. The second-order valence-electron chi connectivity index (χ2n) is 6.27. The number of nitrogens with zero attached hydrogens (tertiary/aromatic N) is 2. The number of ether oxygens (including phenoxy) is 1. The van der Waals surface area contributed by atoms with Gasteiger partial charge in [0.25, 0.3) is 5.03 Å². The number of aryl methyl sites for hydroxylation is 1. The summed E-state index contributed by atoms with van der Waals surface area (Å²) in [5.74, 6) is -0.113. The van der Waals surface area contributed by atoms with E-state index in [2.05, 4.69) is 10.6 Å². The van der Waals surface area contributed by atoms with Gasteiger partial charge >= 0.3 is 0 Å². The van der Waals surface area contributed by atoms with E-state index in [-0.39, 0.29) is 10.9 Å². The van der Waals surface area contributed by atoms with Crippen LogP contribution in [0, 0.1) is 13.8 Å². The van der Waals surface area contributed by atoms with Gasteiger partial charge in [-0.1, -0.05) is 12.1 Å². The fourth-order valence-corrected chi connectivity index (χ4v) is 3.44. The second kappa shape index (κ2) is 8.35. The first-order chi connectivity index (χ1) is 13.4. The molecule has 1 amide bonds. The third-order valence-corrected chi connectivity index (χ3v) is 5.54. The van der Waals surface area contributed by atoms with Gasteiger partial charge in [0.05, 0.1) is 17.6 Å². The lowest BCUT2D eigenvalue weighted by Gasteiger charge is -2.13. The first-order valence-electron chi connectivity index (χ1n) is 8.68. The van der Waals surface area contributed by atoms with Crippen molar-refractivity contribution in [3.05, 3.63) is 53.6 Å². The molecule has 8 heteroatoms. The van der Waals surface area contributed by atoms with Gasteiger partial charge in [0.2, 0.25) is 11.6 Å². The van der Waals surface area contributed by atoms with Crippen molar-refractivity contribution >= 4 is 23.4 Å². The molecule has 1 heterocycles. The topological polar surface area (TPSA) is 91.3 Å². The minimum absolute atomic E-state index is 0.208. The summed E-state index contributed by atoms with van der Waals surface area (Å²) in [7, 11) is 1.57.